The highest BCUT2D eigenvalue weighted by atomic mass is 79.9. The zero-order valence-corrected chi connectivity index (χ0v) is 16.5. The molecule has 134 valence electrons. The Morgan fingerprint density at radius 3 is 2.92 bits per heavy atom. The second-order valence-electron chi connectivity index (χ2n) is 6.93. The Kier molecular flexibility index (Phi) is 3.69. The van der Waals surface area contributed by atoms with E-state index < -0.39 is 0 Å². The predicted molar refractivity (Wildman–Crippen MR) is 100 cm³/mol. The van der Waals surface area contributed by atoms with Gasteiger partial charge in [0.1, 0.15) is 10.3 Å². The Morgan fingerprint density at radius 2 is 2.15 bits per heavy atom. The Morgan fingerprint density at radius 1 is 1.35 bits per heavy atom. The maximum atomic E-state index is 13.6. The van der Waals surface area contributed by atoms with Crippen molar-refractivity contribution in [2.45, 2.75) is 38.1 Å². The van der Waals surface area contributed by atoms with Crippen molar-refractivity contribution in [1.29, 1.82) is 0 Å². The van der Waals surface area contributed by atoms with Crippen LogP contribution >= 0.6 is 27.3 Å². The van der Waals surface area contributed by atoms with Crippen molar-refractivity contribution in [3.8, 4) is 0 Å². The van der Waals surface area contributed by atoms with Crippen molar-refractivity contribution in [3.05, 3.63) is 49.8 Å². The molecule has 3 aromatic rings. The number of hydrogen-bond acceptors (Lipinski definition) is 4. The van der Waals surface area contributed by atoms with E-state index in [1.54, 1.807) is 11.0 Å². The summed E-state index contributed by atoms with van der Waals surface area (Å²) in [6.45, 7) is 2.54. The maximum absolute atomic E-state index is 13.6. The van der Waals surface area contributed by atoms with Crippen LogP contribution in [0.3, 0.4) is 0 Å². The first-order valence-corrected chi connectivity index (χ1v) is 10.3. The zero-order chi connectivity index (χ0) is 18.0. The van der Waals surface area contributed by atoms with E-state index in [0.29, 0.717) is 34.8 Å². The number of thiophene rings is 1. The molecule has 1 saturated carbocycles. The molecule has 1 fully saturated rings. The van der Waals surface area contributed by atoms with Crippen molar-refractivity contribution in [2.75, 3.05) is 6.54 Å². The van der Waals surface area contributed by atoms with Gasteiger partial charge in [0.15, 0.2) is 10.8 Å². The van der Waals surface area contributed by atoms with E-state index in [2.05, 4.69) is 26.0 Å². The molecule has 5 nitrogen and oxygen atoms in total. The van der Waals surface area contributed by atoms with Gasteiger partial charge in [-0.2, -0.15) is 9.49 Å². The van der Waals surface area contributed by atoms with Gasteiger partial charge in [-0.15, -0.1) is 11.3 Å². The van der Waals surface area contributed by atoms with Crippen molar-refractivity contribution in [2.24, 2.45) is 0 Å². The largest absolute Gasteiger partial charge is 0.330 e. The molecule has 2 aliphatic rings. The van der Waals surface area contributed by atoms with Gasteiger partial charge < -0.3 is 4.90 Å². The molecule has 0 bridgehead atoms. The molecule has 0 N–H and O–H groups in total. The van der Waals surface area contributed by atoms with Crippen LogP contribution in [-0.4, -0.2) is 31.9 Å². The Labute approximate surface area is 162 Å². The molecular weight excluding hydrogens is 419 g/mol. The average molecular weight is 435 g/mol. The summed E-state index contributed by atoms with van der Waals surface area (Å²) in [5.41, 5.74) is 3.08. The molecule has 8 heteroatoms. The van der Waals surface area contributed by atoms with Gasteiger partial charge in [0.05, 0.1) is 6.04 Å². The molecule has 1 amide bonds. The lowest BCUT2D eigenvalue weighted by Crippen LogP contribution is -2.38. The SMILES string of the molecule is CC1c2cc(F)sc2CCN1C(=O)c1cc(C2CC2)n2nc(Br)cc2n1. The van der Waals surface area contributed by atoms with Crippen LogP contribution in [0.4, 0.5) is 4.39 Å². The highest BCUT2D eigenvalue weighted by Crippen LogP contribution is 2.41. The molecule has 0 aromatic carbocycles. The number of fused-ring (bicyclic) bond motifs is 2. The number of nitrogens with zero attached hydrogens (tertiary/aromatic N) is 4. The molecule has 0 radical (unpaired) electrons. The lowest BCUT2D eigenvalue weighted by atomic mass is 10.0. The Bertz CT molecular complexity index is 1040. The van der Waals surface area contributed by atoms with Crippen molar-refractivity contribution in [3.63, 3.8) is 0 Å². The van der Waals surface area contributed by atoms with E-state index in [1.807, 2.05) is 23.6 Å². The first kappa shape index (κ1) is 16.4. The minimum Gasteiger partial charge on any atom is -0.330 e. The lowest BCUT2D eigenvalue weighted by molar-refractivity contribution is 0.0673. The quantitative estimate of drug-likeness (QED) is 0.602. The minimum atomic E-state index is -0.184. The summed E-state index contributed by atoms with van der Waals surface area (Å²) in [5.74, 6) is 0.340. The Hall–Kier alpha value is -1.80. The van der Waals surface area contributed by atoms with Crippen LogP contribution in [0.15, 0.2) is 22.8 Å². The van der Waals surface area contributed by atoms with E-state index in [9.17, 15) is 9.18 Å². The zero-order valence-electron chi connectivity index (χ0n) is 14.1. The van der Waals surface area contributed by atoms with E-state index in [-0.39, 0.29) is 17.1 Å². The summed E-state index contributed by atoms with van der Waals surface area (Å²) in [5, 5.41) is 4.26. The molecule has 1 atom stereocenters. The van der Waals surface area contributed by atoms with E-state index >= 15 is 0 Å². The van der Waals surface area contributed by atoms with Crippen molar-refractivity contribution in [1.82, 2.24) is 19.5 Å². The maximum Gasteiger partial charge on any atom is 0.273 e. The second-order valence-corrected chi connectivity index (χ2v) is 8.83. The number of carbonyl (C=O) groups is 1. The summed E-state index contributed by atoms with van der Waals surface area (Å²) >= 11 is 4.58. The van der Waals surface area contributed by atoms with Crippen LogP contribution < -0.4 is 0 Å². The van der Waals surface area contributed by atoms with Gasteiger partial charge in [0.2, 0.25) is 0 Å². The third-order valence-corrected chi connectivity index (χ3v) is 6.60. The highest BCUT2D eigenvalue weighted by molar-refractivity contribution is 9.10. The molecule has 4 heterocycles. The van der Waals surface area contributed by atoms with E-state index in [1.165, 1.54) is 11.3 Å². The van der Waals surface area contributed by atoms with Gasteiger partial charge in [0.25, 0.3) is 5.91 Å². The number of carbonyl (C=O) groups excluding carboxylic acids is 1. The van der Waals surface area contributed by atoms with Crippen molar-refractivity contribution < 1.29 is 9.18 Å². The molecule has 0 saturated heterocycles. The fraction of sp³-hybridized carbons (Fsp3) is 0.389. The molecule has 5 rings (SSSR count). The summed E-state index contributed by atoms with van der Waals surface area (Å²) in [4.78, 5) is 20.6. The van der Waals surface area contributed by atoms with Gasteiger partial charge in [-0.3, -0.25) is 4.79 Å². The smallest absolute Gasteiger partial charge is 0.273 e. The van der Waals surface area contributed by atoms with Crippen molar-refractivity contribution >= 4 is 38.8 Å². The topological polar surface area (TPSA) is 50.5 Å². The summed E-state index contributed by atoms with van der Waals surface area (Å²) in [7, 11) is 0. The lowest BCUT2D eigenvalue weighted by Gasteiger charge is -2.33. The minimum absolute atomic E-state index is 0.100. The standard InChI is InChI=1S/C18H16BrFN4OS/c1-9-11-6-16(20)26-14(11)4-5-23(9)18(25)12-7-13(10-2-3-10)24-17(21-12)8-15(19)22-24/h6-10H,2-5H2,1H3. The van der Waals surface area contributed by atoms with Crippen LogP contribution in [0.2, 0.25) is 0 Å². The molecule has 1 aliphatic heterocycles. The first-order valence-electron chi connectivity index (χ1n) is 8.66. The third-order valence-electron chi connectivity index (χ3n) is 5.21. The highest BCUT2D eigenvalue weighted by Gasteiger charge is 2.33. The van der Waals surface area contributed by atoms with Gasteiger partial charge in [-0.25, -0.2) is 9.50 Å². The third kappa shape index (κ3) is 2.58. The van der Waals surface area contributed by atoms with E-state index in [0.717, 1.165) is 29.0 Å². The van der Waals surface area contributed by atoms with Crippen LogP contribution in [0.5, 0.6) is 0 Å². The van der Waals surface area contributed by atoms with Gasteiger partial charge in [-0.05, 0) is 59.8 Å². The molecule has 3 aromatic heterocycles. The fourth-order valence-corrected chi connectivity index (χ4v) is 5.04. The van der Waals surface area contributed by atoms with Gasteiger partial charge >= 0.3 is 0 Å². The number of halogens is 2. The predicted octanol–water partition coefficient (Wildman–Crippen LogP) is 4.33. The number of rotatable bonds is 2. The first-order chi connectivity index (χ1) is 12.5. The average Bonchev–Trinajstić information content (AvgIpc) is 3.27. The molecule has 0 spiro atoms. The summed E-state index contributed by atoms with van der Waals surface area (Å²) in [6.07, 6.45) is 2.92. The number of amides is 1. The fourth-order valence-electron chi connectivity index (χ4n) is 3.72. The molecule has 1 aliphatic carbocycles. The Balaban J connectivity index is 1.54. The summed E-state index contributed by atoms with van der Waals surface area (Å²) < 4.78 is 16.2. The molecule has 26 heavy (non-hydrogen) atoms. The van der Waals surface area contributed by atoms with E-state index in [4.69, 9.17) is 0 Å². The normalized spacial score (nSPS) is 19.8. The van der Waals surface area contributed by atoms with Crippen LogP contribution in [-0.2, 0) is 6.42 Å². The number of hydrogen-bond donors (Lipinski definition) is 0. The molecule has 1 unspecified atom stereocenters. The van der Waals surface area contributed by atoms with Gasteiger partial charge in [0, 0.05) is 29.1 Å². The number of aromatic nitrogens is 3. The van der Waals surface area contributed by atoms with Crippen LogP contribution in [0.25, 0.3) is 5.65 Å². The second kappa shape index (κ2) is 5.85. The monoisotopic (exact) mass is 434 g/mol. The molecular formula is C18H16BrFN4OS. The summed E-state index contributed by atoms with van der Waals surface area (Å²) in [6, 6.07) is 5.12. The van der Waals surface area contributed by atoms with Crippen LogP contribution in [0.1, 0.15) is 58.3 Å². The van der Waals surface area contributed by atoms with Crippen LogP contribution in [0, 0.1) is 5.13 Å². The van der Waals surface area contributed by atoms with Gasteiger partial charge in [-0.1, -0.05) is 0 Å².